The maximum Gasteiger partial charge on any atom is 0.328 e. The molecule has 5 nitrogen and oxygen atoms in total. The molecule has 0 aliphatic carbocycles. The third-order valence-corrected chi connectivity index (χ3v) is 3.35. The summed E-state index contributed by atoms with van der Waals surface area (Å²) < 4.78 is 6.57. The van der Waals surface area contributed by atoms with Gasteiger partial charge < -0.3 is 15.2 Å². The predicted octanol–water partition coefficient (Wildman–Crippen LogP) is 2.44. The van der Waals surface area contributed by atoms with Crippen LogP contribution in [-0.4, -0.2) is 30.1 Å². The number of carbonyl (C=O) groups excluding carboxylic acids is 1. The Morgan fingerprint density at radius 3 is 2.52 bits per heavy atom. The van der Waals surface area contributed by atoms with E-state index in [1.165, 1.54) is 6.08 Å². The van der Waals surface area contributed by atoms with Crippen molar-refractivity contribution in [1.29, 1.82) is 0 Å². The van der Waals surface area contributed by atoms with Gasteiger partial charge in [0.05, 0.1) is 15.5 Å². The van der Waals surface area contributed by atoms with Crippen molar-refractivity contribution in [1.82, 2.24) is 5.32 Å². The fourth-order valence-electron chi connectivity index (χ4n) is 1.32. The maximum absolute atomic E-state index is 11.4. The highest BCUT2D eigenvalue weighted by atomic mass is 79.9. The number of aliphatic carboxylic acids is 1. The molecule has 1 rings (SSSR count). The van der Waals surface area contributed by atoms with Crippen molar-refractivity contribution in [3.63, 3.8) is 0 Å². The molecular weight excluding hydrogens is 406 g/mol. The lowest BCUT2D eigenvalue weighted by Crippen LogP contribution is -2.29. The van der Waals surface area contributed by atoms with Gasteiger partial charge in [-0.05, 0) is 55.6 Å². The first-order chi connectivity index (χ1) is 9.93. The molecule has 0 aliphatic heterocycles. The average Bonchev–Trinajstić information content (AvgIpc) is 2.41. The molecule has 0 aromatic heterocycles. The lowest BCUT2D eigenvalue weighted by Gasteiger charge is -2.11. The van der Waals surface area contributed by atoms with Crippen LogP contribution < -0.4 is 10.1 Å². The fraction of sp³-hybridized carbons (Fsp3) is 0.143. The minimum atomic E-state index is -1.03. The van der Waals surface area contributed by atoms with Crippen molar-refractivity contribution in [2.24, 2.45) is 0 Å². The van der Waals surface area contributed by atoms with E-state index in [-0.39, 0.29) is 19.1 Å². The molecule has 0 unspecified atom stereocenters. The Balaban J connectivity index is 2.79. The molecule has 1 amide bonds. The number of hydrogen-bond acceptors (Lipinski definition) is 3. The van der Waals surface area contributed by atoms with E-state index in [0.717, 1.165) is 6.08 Å². The lowest BCUT2D eigenvalue weighted by atomic mass is 10.2. The molecule has 0 saturated carbocycles. The molecule has 0 heterocycles. The number of carboxylic acid groups (broad SMARTS) is 1. The van der Waals surface area contributed by atoms with E-state index in [1.54, 1.807) is 12.1 Å². The van der Waals surface area contributed by atoms with Crippen LogP contribution in [0.1, 0.15) is 5.56 Å². The Morgan fingerprint density at radius 1 is 1.38 bits per heavy atom. The zero-order valence-electron chi connectivity index (χ0n) is 10.7. The fourth-order valence-corrected chi connectivity index (χ4v) is 2.77. The minimum absolute atomic E-state index is 0.142. The number of ether oxygens (including phenoxy) is 1. The highest BCUT2D eigenvalue weighted by Gasteiger charge is 2.10. The molecule has 1 aromatic carbocycles. The number of rotatable bonds is 6. The van der Waals surface area contributed by atoms with Crippen LogP contribution in [0.5, 0.6) is 5.75 Å². The standard InChI is InChI=1S/C14H11Br2NO4/c1-2-5-17-12(18)8-21-14-10(15)6-9(7-11(14)16)3-4-13(19)20/h1,3-4,6-7H,5,8H2,(H,17,18)(H,19,20)/b4-3+. The van der Waals surface area contributed by atoms with Gasteiger partial charge in [0, 0.05) is 6.08 Å². The monoisotopic (exact) mass is 415 g/mol. The first-order valence-electron chi connectivity index (χ1n) is 5.67. The average molecular weight is 417 g/mol. The second-order valence-electron chi connectivity index (χ2n) is 3.75. The number of halogens is 2. The van der Waals surface area contributed by atoms with E-state index in [9.17, 15) is 9.59 Å². The molecule has 0 radical (unpaired) electrons. The van der Waals surface area contributed by atoms with E-state index in [4.69, 9.17) is 16.3 Å². The molecule has 7 heteroatoms. The highest BCUT2D eigenvalue weighted by Crippen LogP contribution is 2.35. The van der Waals surface area contributed by atoms with Gasteiger partial charge in [-0.1, -0.05) is 5.92 Å². The van der Waals surface area contributed by atoms with Crippen molar-refractivity contribution < 1.29 is 19.4 Å². The van der Waals surface area contributed by atoms with Crippen molar-refractivity contribution >= 4 is 49.8 Å². The number of hydrogen-bond donors (Lipinski definition) is 2. The van der Waals surface area contributed by atoms with Gasteiger partial charge in [-0.2, -0.15) is 0 Å². The zero-order valence-corrected chi connectivity index (χ0v) is 13.9. The number of benzene rings is 1. The Kier molecular flexibility index (Phi) is 6.99. The summed E-state index contributed by atoms with van der Waals surface area (Å²) in [4.78, 5) is 21.9. The summed E-state index contributed by atoms with van der Waals surface area (Å²) in [5, 5.41) is 11.1. The summed E-state index contributed by atoms with van der Waals surface area (Å²) in [6.07, 6.45) is 7.51. The molecular formula is C14H11Br2NO4. The maximum atomic E-state index is 11.4. The van der Waals surface area contributed by atoms with Gasteiger partial charge in [0.15, 0.2) is 6.61 Å². The van der Waals surface area contributed by atoms with E-state index in [1.807, 2.05) is 0 Å². The molecule has 0 bridgehead atoms. The summed E-state index contributed by atoms with van der Waals surface area (Å²) in [5.41, 5.74) is 0.667. The Hall–Kier alpha value is -1.78. The van der Waals surface area contributed by atoms with Crippen LogP contribution in [0.2, 0.25) is 0 Å². The van der Waals surface area contributed by atoms with Gasteiger partial charge in [0.2, 0.25) is 0 Å². The third-order valence-electron chi connectivity index (χ3n) is 2.17. The minimum Gasteiger partial charge on any atom is -0.481 e. The number of carbonyl (C=O) groups is 2. The van der Waals surface area contributed by atoms with E-state index < -0.39 is 5.97 Å². The Labute approximate surface area is 138 Å². The lowest BCUT2D eigenvalue weighted by molar-refractivity contribution is -0.131. The van der Waals surface area contributed by atoms with E-state index in [2.05, 4.69) is 43.1 Å². The summed E-state index contributed by atoms with van der Waals surface area (Å²) in [7, 11) is 0. The van der Waals surface area contributed by atoms with E-state index >= 15 is 0 Å². The van der Waals surface area contributed by atoms with Crippen LogP contribution in [0.4, 0.5) is 0 Å². The first kappa shape index (κ1) is 17.3. The van der Waals surface area contributed by atoms with Gasteiger partial charge in [0.1, 0.15) is 5.75 Å². The SMILES string of the molecule is C#CCNC(=O)COc1c(Br)cc(/C=C/C(=O)O)cc1Br. The summed E-state index contributed by atoms with van der Waals surface area (Å²) >= 11 is 6.61. The first-order valence-corrected chi connectivity index (χ1v) is 7.25. The molecule has 0 fully saturated rings. The van der Waals surface area contributed by atoms with Crippen LogP contribution in [0.25, 0.3) is 6.08 Å². The van der Waals surface area contributed by atoms with Crippen molar-refractivity contribution in [3.8, 4) is 18.1 Å². The molecule has 110 valence electrons. The topological polar surface area (TPSA) is 75.6 Å². The smallest absolute Gasteiger partial charge is 0.328 e. The zero-order chi connectivity index (χ0) is 15.8. The number of terminal acetylenes is 1. The van der Waals surface area contributed by atoms with Gasteiger partial charge in [-0.3, -0.25) is 4.79 Å². The van der Waals surface area contributed by atoms with Crippen LogP contribution in [-0.2, 0) is 9.59 Å². The molecule has 0 aliphatic rings. The van der Waals surface area contributed by atoms with Crippen molar-refractivity contribution in [2.75, 3.05) is 13.2 Å². The largest absolute Gasteiger partial charge is 0.481 e. The molecule has 1 aromatic rings. The van der Waals surface area contributed by atoms with Gasteiger partial charge in [-0.15, -0.1) is 6.42 Å². The second kappa shape index (κ2) is 8.49. The predicted molar refractivity (Wildman–Crippen MR) is 85.8 cm³/mol. The van der Waals surface area contributed by atoms with Gasteiger partial charge in [-0.25, -0.2) is 4.79 Å². The Bertz CT molecular complexity index is 597. The summed E-state index contributed by atoms with van der Waals surface area (Å²) in [5.74, 6) is 1.37. The quantitative estimate of drug-likeness (QED) is 0.551. The number of carboxylic acids is 1. The highest BCUT2D eigenvalue weighted by molar-refractivity contribution is 9.11. The number of nitrogens with one attached hydrogen (secondary N) is 1. The van der Waals surface area contributed by atoms with Crippen LogP contribution in [0, 0.1) is 12.3 Å². The van der Waals surface area contributed by atoms with E-state index in [0.29, 0.717) is 20.3 Å². The van der Waals surface area contributed by atoms with Crippen LogP contribution >= 0.6 is 31.9 Å². The summed E-state index contributed by atoms with van der Waals surface area (Å²) in [6, 6.07) is 3.36. The van der Waals surface area contributed by atoms with Crippen LogP contribution in [0.15, 0.2) is 27.2 Å². The molecule has 0 saturated heterocycles. The molecule has 0 atom stereocenters. The van der Waals surface area contributed by atoms with Crippen LogP contribution in [0.3, 0.4) is 0 Å². The van der Waals surface area contributed by atoms with Gasteiger partial charge >= 0.3 is 5.97 Å². The van der Waals surface area contributed by atoms with Crippen molar-refractivity contribution in [3.05, 3.63) is 32.7 Å². The number of amides is 1. The third kappa shape index (κ3) is 6.02. The molecule has 0 spiro atoms. The second-order valence-corrected chi connectivity index (χ2v) is 5.46. The normalized spacial score (nSPS) is 10.1. The summed E-state index contributed by atoms with van der Waals surface area (Å²) in [6.45, 7) is -0.0351. The van der Waals surface area contributed by atoms with Crippen molar-refractivity contribution in [2.45, 2.75) is 0 Å². The Morgan fingerprint density at radius 2 is 2.00 bits per heavy atom. The molecule has 21 heavy (non-hydrogen) atoms. The molecule has 2 N–H and O–H groups in total. The van der Waals surface area contributed by atoms with Gasteiger partial charge in [0.25, 0.3) is 5.91 Å².